The van der Waals surface area contributed by atoms with Crippen LogP contribution >= 0.6 is 0 Å². The van der Waals surface area contributed by atoms with Gasteiger partial charge in [-0.1, -0.05) is 48.5 Å². The van der Waals surface area contributed by atoms with Crippen molar-refractivity contribution in [1.29, 1.82) is 0 Å². The summed E-state index contributed by atoms with van der Waals surface area (Å²) in [6.07, 6.45) is 0. The largest absolute Gasteiger partial charge is 0.352 e. The summed E-state index contributed by atoms with van der Waals surface area (Å²) >= 11 is 0. The van der Waals surface area contributed by atoms with E-state index in [1.807, 2.05) is 39.7 Å². The number of para-hydroxylation sites is 1. The van der Waals surface area contributed by atoms with Gasteiger partial charge in [0.2, 0.25) is 0 Å². The highest BCUT2D eigenvalue weighted by Crippen LogP contribution is 3.03. The van der Waals surface area contributed by atoms with E-state index in [1.54, 1.807) is 0 Å². The van der Waals surface area contributed by atoms with E-state index in [-0.39, 0.29) is 34.3 Å². The van der Waals surface area contributed by atoms with Gasteiger partial charge in [0.1, 0.15) is 0 Å². The van der Waals surface area contributed by atoms with Gasteiger partial charge in [0, 0.05) is 30.5 Å². The van der Waals surface area contributed by atoms with Crippen molar-refractivity contribution in [1.82, 2.24) is 18.8 Å². The van der Waals surface area contributed by atoms with Crippen LogP contribution in [0.5, 0.6) is 0 Å². The highest BCUT2D eigenvalue weighted by molar-refractivity contribution is 5.51. The van der Waals surface area contributed by atoms with Gasteiger partial charge >= 0.3 is 11.4 Å². The van der Waals surface area contributed by atoms with E-state index in [4.69, 9.17) is 0 Å². The lowest BCUT2D eigenvalue weighted by atomic mass is 9.73. The molecule has 0 unspecified atom stereocenters. The van der Waals surface area contributed by atoms with Gasteiger partial charge in [-0.2, -0.15) is 0 Å². The molecule has 2 bridgehead atoms. The maximum Gasteiger partial charge on any atom is 0.352 e. The lowest BCUT2D eigenvalue weighted by molar-refractivity contribution is 0.0280. The molecule has 6 nitrogen and oxygen atoms in total. The monoisotopic (exact) mass is 410 g/mol. The fourth-order valence-corrected chi connectivity index (χ4v) is 9.61. The van der Waals surface area contributed by atoms with Gasteiger partial charge in [-0.15, -0.1) is 0 Å². The van der Waals surface area contributed by atoms with Gasteiger partial charge < -0.3 is 0 Å². The van der Waals surface area contributed by atoms with E-state index in [0.717, 1.165) is 31.5 Å². The summed E-state index contributed by atoms with van der Waals surface area (Å²) in [6, 6.07) is 20.5. The van der Waals surface area contributed by atoms with Crippen LogP contribution in [0.3, 0.4) is 0 Å². The fraction of sp³-hybridized carbons (Fsp3) is 0.440. The van der Waals surface area contributed by atoms with Crippen molar-refractivity contribution in [2.45, 2.75) is 18.6 Å². The summed E-state index contributed by atoms with van der Waals surface area (Å²) in [5.41, 5.74) is 2.21. The van der Waals surface area contributed by atoms with E-state index >= 15 is 0 Å². The molecule has 10 rings (SSSR count). The number of benzene rings is 2. The second-order valence-electron chi connectivity index (χ2n) is 10.7. The van der Waals surface area contributed by atoms with Gasteiger partial charge in [0.25, 0.3) is 0 Å². The van der Waals surface area contributed by atoms with Gasteiger partial charge in [0.05, 0.1) is 17.8 Å². The fourth-order valence-electron chi connectivity index (χ4n) is 9.61. The van der Waals surface area contributed by atoms with Crippen LogP contribution in [0.15, 0.2) is 70.3 Å². The van der Waals surface area contributed by atoms with E-state index in [9.17, 15) is 9.59 Å². The molecule has 154 valence electrons. The standard InChI is InChI=1S/C25H22N4O2/c30-22-27(15-9-5-2-6-10-15)23(31)29-21-18-16-17(18)20(28(22)29)24-12-26(13-25(21,24)19(16)24)11-14-7-3-1-4-8-14/h1-10,16-21H,11-13H2/t16?,17-,18-,19?,20-,21-,24-,25-/m0/s1. The number of hydrogen-bond acceptors (Lipinski definition) is 3. The van der Waals surface area contributed by atoms with Crippen molar-refractivity contribution in [2.24, 2.45) is 34.5 Å². The molecule has 2 aromatic carbocycles. The Labute approximate surface area is 178 Å². The van der Waals surface area contributed by atoms with Crippen LogP contribution in [0, 0.1) is 34.5 Å². The SMILES string of the molecule is O=c1n(-c2ccccc2)c(=O)n2n1[C@H]1[C@H]3C4C5[C@@]16CN(Cc1ccccc1)C[C@@]56[C@@H]2[C@@H]43. The topological polar surface area (TPSA) is 52.2 Å². The molecule has 3 aromatic rings. The van der Waals surface area contributed by atoms with E-state index in [1.165, 1.54) is 10.1 Å². The number of aromatic nitrogens is 3. The third kappa shape index (κ3) is 1.36. The maximum absolute atomic E-state index is 13.6. The Balaban J connectivity index is 1.20. The summed E-state index contributed by atoms with van der Waals surface area (Å²) in [7, 11) is 0. The number of hydrogen-bond donors (Lipinski definition) is 0. The number of piperidine rings is 1. The molecule has 0 N–H and O–H groups in total. The normalized spacial score (nSPS) is 43.7. The molecule has 6 heteroatoms. The first kappa shape index (κ1) is 15.9. The molecule has 3 aliphatic heterocycles. The molecule has 31 heavy (non-hydrogen) atoms. The van der Waals surface area contributed by atoms with Crippen LogP contribution in [-0.2, 0) is 6.54 Å². The predicted octanol–water partition coefficient (Wildman–Crippen LogP) is 1.90. The number of rotatable bonds is 3. The first-order valence-electron chi connectivity index (χ1n) is 11.5. The van der Waals surface area contributed by atoms with Crippen molar-refractivity contribution >= 4 is 0 Å². The van der Waals surface area contributed by atoms with Crippen molar-refractivity contribution in [2.75, 3.05) is 13.1 Å². The van der Waals surface area contributed by atoms with Crippen molar-refractivity contribution < 1.29 is 0 Å². The Morgan fingerprint density at radius 1 is 0.742 bits per heavy atom. The van der Waals surface area contributed by atoms with E-state index in [2.05, 4.69) is 35.2 Å². The average molecular weight is 410 g/mol. The molecule has 0 amide bonds. The lowest BCUT2D eigenvalue weighted by Gasteiger charge is -2.45. The molecule has 1 saturated heterocycles. The van der Waals surface area contributed by atoms with Gasteiger partial charge in [-0.25, -0.2) is 23.5 Å². The minimum absolute atomic E-state index is 0.132. The Bertz CT molecular complexity index is 1360. The Kier molecular flexibility index (Phi) is 2.31. The molecule has 4 saturated carbocycles. The second-order valence-corrected chi connectivity index (χ2v) is 10.7. The molecular formula is C25H22N4O2. The predicted molar refractivity (Wildman–Crippen MR) is 113 cm³/mol. The van der Waals surface area contributed by atoms with Crippen LogP contribution in [0.25, 0.3) is 5.69 Å². The summed E-state index contributed by atoms with van der Waals surface area (Å²) in [5, 5.41) is 0. The smallest absolute Gasteiger partial charge is 0.298 e. The summed E-state index contributed by atoms with van der Waals surface area (Å²) in [4.78, 5) is 29.8. The van der Waals surface area contributed by atoms with Crippen molar-refractivity contribution in [3.63, 3.8) is 0 Å². The van der Waals surface area contributed by atoms with Crippen molar-refractivity contribution in [3.05, 3.63) is 87.2 Å². The average Bonchev–Trinajstić information content (AvgIpc) is 3.40. The zero-order valence-corrected chi connectivity index (χ0v) is 17.0. The summed E-state index contributed by atoms with van der Waals surface area (Å²) in [6.45, 7) is 3.11. The molecule has 6 atom stereocenters. The van der Waals surface area contributed by atoms with E-state index in [0.29, 0.717) is 17.5 Å². The zero-order chi connectivity index (χ0) is 20.3. The molecule has 2 spiro atoms. The van der Waals surface area contributed by atoms with Crippen LogP contribution < -0.4 is 11.4 Å². The van der Waals surface area contributed by atoms with Crippen molar-refractivity contribution in [3.8, 4) is 5.69 Å². The van der Waals surface area contributed by atoms with Crippen LogP contribution in [0.2, 0.25) is 0 Å². The minimum atomic E-state index is -0.132. The zero-order valence-electron chi connectivity index (χ0n) is 17.0. The maximum atomic E-state index is 13.6. The Morgan fingerprint density at radius 2 is 1.29 bits per heavy atom. The van der Waals surface area contributed by atoms with E-state index < -0.39 is 0 Å². The highest BCUT2D eigenvalue weighted by atomic mass is 16.2. The molecule has 7 aliphatic rings. The summed E-state index contributed by atoms with van der Waals surface area (Å²) in [5.74, 6) is 2.73. The van der Waals surface area contributed by atoms with Crippen LogP contribution in [0.1, 0.15) is 17.6 Å². The molecule has 4 heterocycles. The number of likely N-dealkylation sites (tertiary alicyclic amines) is 1. The molecule has 1 aromatic heterocycles. The third-order valence-corrected chi connectivity index (χ3v) is 10.0. The Hall–Kier alpha value is -2.86. The van der Waals surface area contributed by atoms with Gasteiger partial charge in [0.15, 0.2) is 0 Å². The third-order valence-electron chi connectivity index (χ3n) is 10.0. The molecule has 5 fully saturated rings. The highest BCUT2D eigenvalue weighted by Gasteiger charge is 3.04. The molecular weight excluding hydrogens is 388 g/mol. The Morgan fingerprint density at radius 3 is 1.87 bits per heavy atom. The first-order valence-corrected chi connectivity index (χ1v) is 11.5. The molecule has 4 aliphatic carbocycles. The van der Waals surface area contributed by atoms with Gasteiger partial charge in [-0.05, 0) is 41.4 Å². The number of nitrogens with zero attached hydrogens (tertiary/aromatic N) is 4. The van der Waals surface area contributed by atoms with Crippen LogP contribution in [0.4, 0.5) is 0 Å². The van der Waals surface area contributed by atoms with Gasteiger partial charge in [-0.3, -0.25) is 4.90 Å². The second kappa shape index (κ2) is 4.51. The summed E-state index contributed by atoms with van der Waals surface area (Å²) < 4.78 is 5.24. The molecule has 0 radical (unpaired) electrons. The first-order chi connectivity index (χ1) is 15.2. The lowest BCUT2D eigenvalue weighted by Crippen LogP contribution is -2.52. The quantitative estimate of drug-likeness (QED) is 0.663. The minimum Gasteiger partial charge on any atom is -0.298 e. The van der Waals surface area contributed by atoms with Crippen LogP contribution in [-0.4, -0.2) is 31.9 Å².